The van der Waals surface area contributed by atoms with E-state index in [1.807, 2.05) is 0 Å². The smallest absolute Gasteiger partial charge is 0.504 e. The average Bonchev–Trinajstić information content (AvgIpc) is 3.66. The maximum atomic E-state index is 13.4. The van der Waals surface area contributed by atoms with Crippen molar-refractivity contribution in [2.24, 2.45) is 11.8 Å². The molecular weight excluding hydrogens is 521 g/mol. The number of amides is 1. The fourth-order valence-corrected chi connectivity index (χ4v) is 8.12. The Labute approximate surface area is 231 Å². The van der Waals surface area contributed by atoms with Crippen LogP contribution in [0.2, 0.25) is 0 Å². The molecular formula is C31H33F3N2O4. The highest BCUT2D eigenvalue weighted by Crippen LogP contribution is 2.64. The van der Waals surface area contributed by atoms with Crippen LogP contribution in [-0.2, 0) is 16.6 Å². The van der Waals surface area contributed by atoms with Gasteiger partial charge < -0.3 is 19.5 Å². The number of ether oxygens (including phenoxy) is 2. The summed E-state index contributed by atoms with van der Waals surface area (Å²) in [6.07, 6.45) is 4.18. The zero-order chi connectivity index (χ0) is 27.8. The predicted octanol–water partition coefficient (Wildman–Crippen LogP) is 5.28. The van der Waals surface area contributed by atoms with E-state index in [1.54, 1.807) is 24.1 Å². The van der Waals surface area contributed by atoms with Crippen molar-refractivity contribution >= 4 is 12.0 Å². The number of carbonyl (C=O) groups excluding carboxylic acids is 1. The third kappa shape index (κ3) is 4.16. The Morgan fingerprint density at radius 1 is 1.23 bits per heavy atom. The quantitative estimate of drug-likeness (QED) is 0.493. The molecule has 212 valence electrons. The second kappa shape index (κ2) is 9.16. The molecule has 6 nitrogen and oxygen atoms in total. The van der Waals surface area contributed by atoms with Crippen molar-refractivity contribution in [3.63, 3.8) is 0 Å². The first-order valence-corrected chi connectivity index (χ1v) is 14.2. The number of carbonyl (C=O) groups is 1. The molecule has 1 N–H and O–H groups in total. The summed E-state index contributed by atoms with van der Waals surface area (Å²) in [6, 6.07) is 9.60. The van der Waals surface area contributed by atoms with Crippen molar-refractivity contribution in [3.8, 4) is 17.2 Å². The van der Waals surface area contributed by atoms with Crippen LogP contribution in [0, 0.1) is 11.8 Å². The fourth-order valence-electron chi connectivity index (χ4n) is 8.12. The number of hydrogen-bond donors (Lipinski definition) is 1. The van der Waals surface area contributed by atoms with E-state index in [9.17, 15) is 23.1 Å². The van der Waals surface area contributed by atoms with Gasteiger partial charge in [-0.15, -0.1) is 13.2 Å². The van der Waals surface area contributed by atoms with E-state index in [0.717, 1.165) is 50.3 Å². The van der Waals surface area contributed by atoms with Gasteiger partial charge in [-0.1, -0.05) is 18.2 Å². The molecule has 1 spiro atoms. The Balaban J connectivity index is 1.16. The Morgan fingerprint density at radius 2 is 2.05 bits per heavy atom. The molecule has 3 aliphatic carbocycles. The molecule has 0 aromatic heterocycles. The third-order valence-corrected chi connectivity index (χ3v) is 9.95. The summed E-state index contributed by atoms with van der Waals surface area (Å²) in [5, 5.41) is 10.8. The topological polar surface area (TPSA) is 62.2 Å². The largest absolute Gasteiger partial charge is 0.573 e. The fraction of sp³-hybridized carbons (Fsp3) is 0.516. The highest BCUT2D eigenvalue weighted by molar-refractivity contribution is 5.92. The standard InChI is InChI=1S/C31H33F3N2O4/c1-35(26(38)12-7-18-3-2-4-21(15-18)40-31(32,33)34)23-10-9-22-24-16-20-8-11-25(37)28-27(20)30(22,29(23)39-28)13-14-36(24)17-19-5-6-19/h2-4,7-8,11-12,15,19,22-24,29,37H,5-6,9-10,13-14,16-17H2,1H3/t22-,23-,24+,29-,30-/m0/s1. The third-order valence-electron chi connectivity index (χ3n) is 9.95. The van der Waals surface area contributed by atoms with Crippen LogP contribution in [0.4, 0.5) is 13.2 Å². The van der Waals surface area contributed by atoms with Gasteiger partial charge in [0.15, 0.2) is 11.5 Å². The van der Waals surface area contributed by atoms with Crippen molar-refractivity contribution in [3.05, 3.63) is 59.2 Å². The van der Waals surface area contributed by atoms with Crippen LogP contribution in [0.1, 0.15) is 48.8 Å². The van der Waals surface area contributed by atoms with E-state index in [2.05, 4.69) is 15.7 Å². The van der Waals surface area contributed by atoms with Gasteiger partial charge in [-0.3, -0.25) is 9.69 Å². The first-order chi connectivity index (χ1) is 19.1. The van der Waals surface area contributed by atoms with Crippen molar-refractivity contribution in [2.45, 2.75) is 68.5 Å². The number of benzene rings is 2. The summed E-state index contributed by atoms with van der Waals surface area (Å²) in [7, 11) is 1.77. The summed E-state index contributed by atoms with van der Waals surface area (Å²) in [5.41, 5.74) is 2.61. The Bertz CT molecular complexity index is 1370. The maximum absolute atomic E-state index is 13.4. The lowest BCUT2D eigenvalue weighted by molar-refractivity contribution is -0.274. The number of aromatic hydroxyl groups is 1. The molecule has 2 bridgehead atoms. The second-order valence-electron chi connectivity index (χ2n) is 12.1. The van der Waals surface area contributed by atoms with Gasteiger partial charge in [0.1, 0.15) is 11.9 Å². The summed E-state index contributed by atoms with van der Waals surface area (Å²) in [6.45, 7) is 2.15. The van der Waals surface area contributed by atoms with E-state index < -0.39 is 6.36 Å². The lowest BCUT2D eigenvalue weighted by Crippen LogP contribution is -2.69. The highest BCUT2D eigenvalue weighted by atomic mass is 19.4. The van der Waals surface area contributed by atoms with Crippen LogP contribution in [0.25, 0.3) is 6.08 Å². The highest BCUT2D eigenvalue weighted by Gasteiger charge is 2.66. The number of alkyl halides is 3. The van der Waals surface area contributed by atoms with Crippen LogP contribution in [0.5, 0.6) is 17.2 Å². The molecule has 2 heterocycles. The van der Waals surface area contributed by atoms with Crippen LogP contribution in [0.3, 0.4) is 0 Å². The molecule has 5 aliphatic rings. The zero-order valence-corrected chi connectivity index (χ0v) is 22.4. The number of nitrogens with zero attached hydrogens (tertiary/aromatic N) is 2. The average molecular weight is 555 g/mol. The van der Waals surface area contributed by atoms with E-state index in [0.29, 0.717) is 23.3 Å². The van der Waals surface area contributed by atoms with Gasteiger partial charge >= 0.3 is 6.36 Å². The van der Waals surface area contributed by atoms with E-state index >= 15 is 0 Å². The monoisotopic (exact) mass is 554 g/mol. The Kier molecular flexibility index (Phi) is 5.90. The minimum atomic E-state index is -4.78. The van der Waals surface area contributed by atoms with Crippen molar-refractivity contribution in [2.75, 3.05) is 20.1 Å². The molecule has 1 amide bonds. The second-order valence-corrected chi connectivity index (χ2v) is 12.1. The molecule has 40 heavy (non-hydrogen) atoms. The number of phenolic OH excluding ortho intramolecular Hbond substituents is 1. The lowest BCUT2D eigenvalue weighted by atomic mass is 9.51. The van der Waals surface area contributed by atoms with Gasteiger partial charge in [0.2, 0.25) is 5.91 Å². The van der Waals surface area contributed by atoms with Crippen molar-refractivity contribution < 1.29 is 32.5 Å². The van der Waals surface area contributed by atoms with Gasteiger partial charge in [0.05, 0.1) is 6.04 Å². The first-order valence-electron chi connectivity index (χ1n) is 14.2. The summed E-state index contributed by atoms with van der Waals surface area (Å²) >= 11 is 0. The molecule has 2 aromatic rings. The molecule has 0 radical (unpaired) electrons. The molecule has 3 fully saturated rings. The normalized spacial score (nSPS) is 30.6. The Hall–Kier alpha value is -3.20. The maximum Gasteiger partial charge on any atom is 0.573 e. The van der Waals surface area contributed by atoms with Gasteiger partial charge in [-0.2, -0.15) is 0 Å². The molecule has 0 unspecified atom stereocenters. The number of hydrogen-bond acceptors (Lipinski definition) is 5. The van der Waals surface area contributed by atoms with Crippen LogP contribution < -0.4 is 9.47 Å². The predicted molar refractivity (Wildman–Crippen MR) is 142 cm³/mol. The number of likely N-dealkylation sites (N-methyl/N-ethyl adjacent to an activating group) is 1. The number of piperidine rings is 1. The number of halogens is 3. The van der Waals surface area contributed by atoms with Crippen molar-refractivity contribution in [1.29, 1.82) is 0 Å². The van der Waals surface area contributed by atoms with Gasteiger partial charge in [-0.05, 0) is 92.3 Å². The van der Waals surface area contributed by atoms with Gasteiger partial charge in [-0.25, -0.2) is 0 Å². The van der Waals surface area contributed by atoms with E-state index in [1.165, 1.54) is 48.8 Å². The summed E-state index contributed by atoms with van der Waals surface area (Å²) in [4.78, 5) is 17.8. The van der Waals surface area contributed by atoms with Crippen LogP contribution in [-0.4, -0.2) is 65.5 Å². The minimum Gasteiger partial charge on any atom is -0.504 e. The minimum absolute atomic E-state index is 0.161. The molecule has 2 aliphatic heterocycles. The molecule has 1 saturated heterocycles. The first kappa shape index (κ1) is 25.7. The molecule has 7 rings (SSSR count). The molecule has 2 saturated carbocycles. The van der Waals surface area contributed by atoms with Gasteiger partial charge in [0.25, 0.3) is 0 Å². The van der Waals surface area contributed by atoms with Crippen LogP contribution >= 0.6 is 0 Å². The number of phenols is 1. The lowest BCUT2D eigenvalue weighted by Gasteiger charge is -2.60. The van der Waals surface area contributed by atoms with Crippen molar-refractivity contribution in [1.82, 2.24) is 9.80 Å². The Morgan fingerprint density at radius 3 is 2.83 bits per heavy atom. The molecule has 9 heteroatoms. The summed E-state index contributed by atoms with van der Waals surface area (Å²) < 4.78 is 48.5. The SMILES string of the molecule is CN(C(=O)C=Cc1cccc(OC(F)(F)F)c1)[C@H]1CC[C@H]2[C@H]3Cc4ccc(O)c5c4[C@@]2(CCN3CC2CC2)[C@H]1O5. The summed E-state index contributed by atoms with van der Waals surface area (Å²) in [5.74, 6) is 1.39. The molecule has 5 atom stereocenters. The van der Waals surface area contributed by atoms with Crippen LogP contribution in [0.15, 0.2) is 42.5 Å². The number of likely N-dealkylation sites (tertiary alicyclic amines) is 1. The molecule has 2 aromatic carbocycles. The number of rotatable bonds is 6. The van der Waals surface area contributed by atoms with E-state index in [4.69, 9.17) is 4.74 Å². The van der Waals surface area contributed by atoms with E-state index in [-0.39, 0.29) is 35.0 Å². The zero-order valence-electron chi connectivity index (χ0n) is 22.4. The van der Waals surface area contributed by atoms with Gasteiger partial charge in [0, 0.05) is 36.7 Å².